The Morgan fingerprint density at radius 3 is 2.53 bits per heavy atom. The normalized spacial score (nSPS) is 13.8. The molecule has 1 fully saturated rings. The molecular weight excluding hydrogens is 463 g/mol. The number of pyridine rings is 1. The number of nitrogens with one attached hydrogen (secondary N) is 1. The van der Waals surface area contributed by atoms with Crippen LogP contribution in [0.4, 0.5) is 15.9 Å². The van der Waals surface area contributed by atoms with Crippen molar-refractivity contribution >= 4 is 22.4 Å². The van der Waals surface area contributed by atoms with Crippen molar-refractivity contribution in [1.82, 2.24) is 15.0 Å². The van der Waals surface area contributed by atoms with Crippen LogP contribution in [0.1, 0.15) is 17.6 Å². The Bertz CT molecular complexity index is 1480. The fraction of sp³-hybridized carbons (Fsp3) is 0.148. The summed E-state index contributed by atoms with van der Waals surface area (Å²) in [6.07, 6.45) is 2.70. The van der Waals surface area contributed by atoms with Crippen LogP contribution in [0.3, 0.4) is 0 Å². The molecule has 0 saturated carbocycles. The molecule has 0 atom stereocenters. The SMILES string of the molecule is Fc1ccc(COc2ccc(Nc3ncnc4cnc(-c5ccc(C6OCCO6)o5)cc34)cc2)cc1. The lowest BCUT2D eigenvalue weighted by Gasteiger charge is -2.11. The topological polar surface area (TPSA) is 91.5 Å². The van der Waals surface area contributed by atoms with Crippen LogP contribution in [0.5, 0.6) is 5.75 Å². The van der Waals surface area contributed by atoms with E-state index >= 15 is 0 Å². The molecule has 8 nitrogen and oxygen atoms in total. The molecule has 0 radical (unpaired) electrons. The van der Waals surface area contributed by atoms with Crippen molar-refractivity contribution in [2.75, 3.05) is 18.5 Å². The van der Waals surface area contributed by atoms with Crippen LogP contribution in [0.25, 0.3) is 22.4 Å². The van der Waals surface area contributed by atoms with Crippen LogP contribution in [-0.2, 0) is 16.1 Å². The Hall–Kier alpha value is -4.34. The number of benzene rings is 2. The van der Waals surface area contributed by atoms with E-state index in [-0.39, 0.29) is 5.82 Å². The van der Waals surface area contributed by atoms with Gasteiger partial charge in [0, 0.05) is 11.1 Å². The van der Waals surface area contributed by atoms with Gasteiger partial charge in [-0.15, -0.1) is 0 Å². The molecule has 36 heavy (non-hydrogen) atoms. The van der Waals surface area contributed by atoms with E-state index in [0.717, 1.165) is 16.6 Å². The highest BCUT2D eigenvalue weighted by atomic mass is 19.1. The summed E-state index contributed by atoms with van der Waals surface area (Å²) in [5, 5.41) is 4.13. The molecule has 1 N–H and O–H groups in total. The van der Waals surface area contributed by atoms with Gasteiger partial charge in [0.2, 0.25) is 6.29 Å². The number of fused-ring (bicyclic) bond motifs is 1. The number of ether oxygens (including phenoxy) is 3. The van der Waals surface area contributed by atoms with Gasteiger partial charge in [0.25, 0.3) is 0 Å². The molecule has 4 heterocycles. The maximum Gasteiger partial charge on any atom is 0.217 e. The highest BCUT2D eigenvalue weighted by molar-refractivity contribution is 5.92. The predicted octanol–water partition coefficient (Wildman–Crippen LogP) is 5.79. The fourth-order valence-corrected chi connectivity index (χ4v) is 3.85. The molecule has 9 heteroatoms. The summed E-state index contributed by atoms with van der Waals surface area (Å²) < 4.78 is 35.8. The number of nitrogens with zero attached hydrogens (tertiary/aromatic N) is 3. The van der Waals surface area contributed by atoms with Crippen molar-refractivity contribution in [1.29, 1.82) is 0 Å². The van der Waals surface area contributed by atoms with Gasteiger partial charge in [-0.1, -0.05) is 12.1 Å². The highest BCUT2D eigenvalue weighted by Crippen LogP contribution is 2.31. The van der Waals surface area contributed by atoms with Gasteiger partial charge in [-0.3, -0.25) is 4.98 Å². The zero-order valence-corrected chi connectivity index (χ0v) is 19.1. The van der Waals surface area contributed by atoms with Crippen molar-refractivity contribution in [3.63, 3.8) is 0 Å². The molecule has 2 aromatic carbocycles. The third-order valence-electron chi connectivity index (χ3n) is 5.69. The summed E-state index contributed by atoms with van der Waals surface area (Å²) in [7, 11) is 0. The Labute approximate surface area is 205 Å². The van der Waals surface area contributed by atoms with Crippen LogP contribution in [0, 0.1) is 5.82 Å². The van der Waals surface area contributed by atoms with E-state index in [4.69, 9.17) is 18.6 Å². The first-order valence-electron chi connectivity index (χ1n) is 11.4. The van der Waals surface area contributed by atoms with E-state index in [0.29, 0.717) is 54.1 Å². The number of rotatable bonds is 7. The second kappa shape index (κ2) is 9.73. The highest BCUT2D eigenvalue weighted by Gasteiger charge is 2.22. The number of hydrogen-bond acceptors (Lipinski definition) is 8. The van der Waals surface area contributed by atoms with Crippen molar-refractivity contribution < 1.29 is 23.0 Å². The fourth-order valence-electron chi connectivity index (χ4n) is 3.85. The van der Waals surface area contributed by atoms with Crippen molar-refractivity contribution in [3.8, 4) is 17.2 Å². The molecule has 0 unspecified atom stereocenters. The summed E-state index contributed by atoms with van der Waals surface area (Å²) in [6, 6.07) is 19.3. The van der Waals surface area contributed by atoms with Crippen LogP contribution < -0.4 is 10.1 Å². The van der Waals surface area contributed by atoms with Gasteiger partial charge in [0.15, 0.2) is 11.5 Å². The second-order valence-corrected chi connectivity index (χ2v) is 8.15. The molecule has 6 rings (SSSR count). The zero-order chi connectivity index (χ0) is 24.3. The average Bonchev–Trinajstić information content (AvgIpc) is 3.62. The van der Waals surface area contributed by atoms with E-state index in [2.05, 4.69) is 20.3 Å². The summed E-state index contributed by atoms with van der Waals surface area (Å²) >= 11 is 0. The minimum atomic E-state index is -0.484. The summed E-state index contributed by atoms with van der Waals surface area (Å²) in [5.41, 5.74) is 3.07. The molecule has 1 aliphatic heterocycles. The first-order valence-corrected chi connectivity index (χ1v) is 11.4. The molecule has 5 aromatic rings. The van der Waals surface area contributed by atoms with Crippen LogP contribution >= 0.6 is 0 Å². The number of furan rings is 1. The summed E-state index contributed by atoms with van der Waals surface area (Å²) in [5.74, 6) is 2.28. The second-order valence-electron chi connectivity index (χ2n) is 8.15. The largest absolute Gasteiger partial charge is 0.489 e. The van der Waals surface area contributed by atoms with E-state index < -0.39 is 6.29 Å². The molecule has 0 bridgehead atoms. The lowest BCUT2D eigenvalue weighted by Crippen LogP contribution is -1.98. The quantitative estimate of drug-likeness (QED) is 0.310. The van der Waals surface area contributed by atoms with Gasteiger partial charge >= 0.3 is 0 Å². The van der Waals surface area contributed by atoms with Crippen molar-refractivity contribution in [2.24, 2.45) is 0 Å². The third-order valence-corrected chi connectivity index (χ3v) is 5.69. The zero-order valence-electron chi connectivity index (χ0n) is 19.1. The van der Waals surface area contributed by atoms with Gasteiger partial charge in [-0.05, 0) is 60.2 Å². The molecular formula is C27H21FN4O4. The third kappa shape index (κ3) is 4.74. The van der Waals surface area contributed by atoms with E-state index in [1.54, 1.807) is 18.3 Å². The minimum absolute atomic E-state index is 0.267. The summed E-state index contributed by atoms with van der Waals surface area (Å²) in [6.45, 7) is 1.44. The molecule has 3 aromatic heterocycles. The smallest absolute Gasteiger partial charge is 0.217 e. The maximum atomic E-state index is 13.1. The van der Waals surface area contributed by atoms with Crippen LogP contribution in [-0.4, -0.2) is 28.2 Å². The number of halogens is 1. The first kappa shape index (κ1) is 22.1. The van der Waals surface area contributed by atoms with Crippen LogP contribution in [0.15, 0.2) is 83.7 Å². The summed E-state index contributed by atoms with van der Waals surface area (Å²) in [4.78, 5) is 13.3. The van der Waals surface area contributed by atoms with E-state index in [1.165, 1.54) is 18.5 Å². The van der Waals surface area contributed by atoms with Gasteiger partial charge in [-0.2, -0.15) is 0 Å². The van der Waals surface area contributed by atoms with Crippen molar-refractivity contribution in [2.45, 2.75) is 12.9 Å². The number of hydrogen-bond donors (Lipinski definition) is 1. The maximum absolute atomic E-state index is 13.1. The molecule has 180 valence electrons. The minimum Gasteiger partial charge on any atom is -0.489 e. The first-order chi connectivity index (χ1) is 17.7. The van der Waals surface area contributed by atoms with Gasteiger partial charge < -0.3 is 23.9 Å². The standard InChI is InChI=1S/C27H21FN4O4/c28-18-3-1-17(2-4-18)15-35-20-7-5-19(6-8-20)32-26-21-13-22(29-14-23(21)30-16-31-26)24-9-10-25(36-24)27-33-11-12-34-27/h1-10,13-14,16,27H,11-12,15H2,(H,30,31,32). The van der Waals surface area contributed by atoms with Gasteiger partial charge in [0.05, 0.1) is 24.9 Å². The van der Waals surface area contributed by atoms with Crippen molar-refractivity contribution in [3.05, 3.63) is 96.4 Å². The Kier molecular flexibility index (Phi) is 5.98. The number of anilines is 2. The predicted molar refractivity (Wildman–Crippen MR) is 130 cm³/mol. The Balaban J connectivity index is 1.19. The average molecular weight is 484 g/mol. The molecule has 0 spiro atoms. The lowest BCUT2D eigenvalue weighted by atomic mass is 10.2. The molecule has 0 amide bonds. The monoisotopic (exact) mass is 484 g/mol. The lowest BCUT2D eigenvalue weighted by molar-refractivity contribution is -0.0585. The molecule has 1 aliphatic rings. The van der Waals surface area contributed by atoms with E-state index in [9.17, 15) is 4.39 Å². The molecule has 0 aliphatic carbocycles. The van der Waals surface area contributed by atoms with Gasteiger partial charge in [-0.25, -0.2) is 14.4 Å². The van der Waals surface area contributed by atoms with E-state index in [1.807, 2.05) is 42.5 Å². The van der Waals surface area contributed by atoms with Crippen LogP contribution in [0.2, 0.25) is 0 Å². The molecule has 1 saturated heterocycles. The Morgan fingerprint density at radius 2 is 1.72 bits per heavy atom. The van der Waals surface area contributed by atoms with Gasteiger partial charge in [0.1, 0.15) is 36.0 Å². The number of aromatic nitrogens is 3. The Morgan fingerprint density at radius 1 is 0.917 bits per heavy atom.